The van der Waals surface area contributed by atoms with Gasteiger partial charge in [-0.05, 0) is 12.1 Å². The van der Waals surface area contributed by atoms with E-state index >= 15 is 0 Å². The Morgan fingerprint density at radius 3 is 2.50 bits per heavy atom. The number of para-hydroxylation sites is 1. The first-order chi connectivity index (χ1) is 5.70. The van der Waals surface area contributed by atoms with Crippen molar-refractivity contribution in [2.24, 2.45) is 5.73 Å². The van der Waals surface area contributed by atoms with E-state index in [0.29, 0.717) is 0 Å². The lowest BCUT2D eigenvalue weighted by molar-refractivity contribution is 0.596. The Labute approximate surface area is 71.5 Å². The number of hydrogen-bond donors (Lipinski definition) is 3. The Bertz CT molecular complexity index is 257. The monoisotopic (exact) mass is 164 g/mol. The number of hydrogen-bond acceptors (Lipinski definition) is 2. The molecule has 0 heterocycles. The average molecular weight is 164 g/mol. The normalized spacial score (nSPS) is 9.08. The lowest BCUT2D eigenvalue weighted by Crippen LogP contribution is -2.37. The molecule has 0 bridgehead atoms. The number of rotatable bonds is 2. The van der Waals surface area contributed by atoms with E-state index in [4.69, 9.17) is 11.1 Å². The molecule has 0 saturated heterocycles. The molecule has 0 radical (unpaired) electrons. The van der Waals surface area contributed by atoms with E-state index in [1.54, 1.807) is 7.05 Å². The molecule has 0 aromatic heterocycles. The van der Waals surface area contributed by atoms with Crippen LogP contribution in [0.1, 0.15) is 0 Å². The molecule has 1 rings (SSSR count). The summed E-state index contributed by atoms with van der Waals surface area (Å²) in [6.07, 6.45) is 0. The molecule has 0 saturated carbocycles. The Hall–Kier alpha value is -1.71. The first kappa shape index (κ1) is 8.39. The van der Waals surface area contributed by atoms with E-state index in [9.17, 15) is 0 Å². The van der Waals surface area contributed by atoms with Crippen LogP contribution in [0.2, 0.25) is 0 Å². The summed E-state index contributed by atoms with van der Waals surface area (Å²) in [6, 6.07) is 9.56. The van der Waals surface area contributed by atoms with Crippen molar-refractivity contribution in [3.63, 3.8) is 0 Å². The fraction of sp³-hybridized carbons (Fsp3) is 0.125. The lowest BCUT2D eigenvalue weighted by atomic mass is 10.3. The highest BCUT2D eigenvalue weighted by Crippen LogP contribution is 2.04. The molecule has 4 heteroatoms. The minimum absolute atomic E-state index is 0.0150. The summed E-state index contributed by atoms with van der Waals surface area (Å²) in [5.41, 5.74) is 9.07. The first-order valence-corrected chi connectivity index (χ1v) is 3.59. The number of hydrazine groups is 1. The Morgan fingerprint density at radius 1 is 1.42 bits per heavy atom. The van der Waals surface area contributed by atoms with E-state index in [1.807, 2.05) is 30.3 Å². The van der Waals surface area contributed by atoms with Gasteiger partial charge in [0.05, 0.1) is 5.69 Å². The molecular formula is C8H12N4. The summed E-state index contributed by atoms with van der Waals surface area (Å²) in [5.74, 6) is -0.0150. The van der Waals surface area contributed by atoms with Crippen LogP contribution >= 0.6 is 0 Å². The van der Waals surface area contributed by atoms with Gasteiger partial charge in [-0.15, -0.1) is 0 Å². The molecule has 1 aromatic carbocycles. The van der Waals surface area contributed by atoms with Crippen molar-refractivity contribution in [2.75, 3.05) is 12.5 Å². The third kappa shape index (κ3) is 2.16. The van der Waals surface area contributed by atoms with Crippen LogP contribution in [0.5, 0.6) is 0 Å². The summed E-state index contributed by atoms with van der Waals surface area (Å²) < 4.78 is 0. The maximum absolute atomic E-state index is 7.09. The Morgan fingerprint density at radius 2 is 2.00 bits per heavy atom. The molecule has 4 nitrogen and oxygen atoms in total. The molecule has 1 aromatic rings. The van der Waals surface area contributed by atoms with Gasteiger partial charge in [-0.3, -0.25) is 15.8 Å². The second-order valence-corrected chi connectivity index (χ2v) is 2.42. The van der Waals surface area contributed by atoms with Crippen molar-refractivity contribution in [3.8, 4) is 0 Å². The van der Waals surface area contributed by atoms with Crippen molar-refractivity contribution in [2.45, 2.75) is 0 Å². The number of guanidine groups is 1. The Kier molecular flexibility index (Phi) is 2.53. The maximum Gasteiger partial charge on any atom is 0.207 e. The molecule has 0 unspecified atom stereocenters. The van der Waals surface area contributed by atoms with Crippen molar-refractivity contribution < 1.29 is 0 Å². The number of nitrogens with zero attached hydrogens (tertiary/aromatic N) is 1. The van der Waals surface area contributed by atoms with E-state index in [1.165, 1.54) is 5.01 Å². The highest BCUT2D eigenvalue weighted by Gasteiger charge is 1.96. The van der Waals surface area contributed by atoms with Gasteiger partial charge >= 0.3 is 0 Å². The fourth-order valence-electron chi connectivity index (χ4n) is 0.767. The summed E-state index contributed by atoms with van der Waals surface area (Å²) in [4.78, 5) is 0. The van der Waals surface area contributed by atoms with Gasteiger partial charge in [-0.1, -0.05) is 18.2 Å². The number of anilines is 1. The first-order valence-electron chi connectivity index (χ1n) is 3.59. The molecule has 0 aliphatic heterocycles. The van der Waals surface area contributed by atoms with Crippen LogP contribution in [0.4, 0.5) is 5.69 Å². The van der Waals surface area contributed by atoms with Crippen LogP contribution in [0.3, 0.4) is 0 Å². The van der Waals surface area contributed by atoms with Crippen molar-refractivity contribution in [3.05, 3.63) is 30.3 Å². The summed E-state index contributed by atoms with van der Waals surface area (Å²) >= 11 is 0. The van der Waals surface area contributed by atoms with Gasteiger partial charge in [0.25, 0.3) is 0 Å². The minimum atomic E-state index is -0.0150. The molecule has 64 valence electrons. The highest BCUT2D eigenvalue weighted by atomic mass is 15.5. The molecular weight excluding hydrogens is 152 g/mol. The molecule has 0 spiro atoms. The van der Waals surface area contributed by atoms with Gasteiger partial charge in [0.1, 0.15) is 0 Å². The Balaban J connectivity index is 2.58. The van der Waals surface area contributed by atoms with Crippen LogP contribution in [0.25, 0.3) is 0 Å². The van der Waals surface area contributed by atoms with E-state index in [0.717, 1.165) is 5.69 Å². The van der Waals surface area contributed by atoms with Gasteiger partial charge in [0, 0.05) is 7.05 Å². The zero-order valence-corrected chi connectivity index (χ0v) is 6.91. The zero-order valence-electron chi connectivity index (χ0n) is 6.91. The third-order valence-corrected chi connectivity index (χ3v) is 1.43. The van der Waals surface area contributed by atoms with E-state index in [-0.39, 0.29) is 5.96 Å². The quantitative estimate of drug-likeness (QED) is 0.345. The topological polar surface area (TPSA) is 65.1 Å². The zero-order chi connectivity index (χ0) is 8.97. The van der Waals surface area contributed by atoms with Gasteiger partial charge in [0.15, 0.2) is 0 Å². The molecule has 0 aliphatic carbocycles. The average Bonchev–Trinajstić information content (AvgIpc) is 2.06. The fourth-order valence-corrected chi connectivity index (χ4v) is 0.767. The highest BCUT2D eigenvalue weighted by molar-refractivity contribution is 5.75. The summed E-state index contributed by atoms with van der Waals surface area (Å²) in [6.45, 7) is 0. The van der Waals surface area contributed by atoms with Gasteiger partial charge in [-0.2, -0.15) is 0 Å². The van der Waals surface area contributed by atoms with Crippen molar-refractivity contribution in [1.29, 1.82) is 5.41 Å². The number of nitrogens with one attached hydrogen (secondary N) is 2. The van der Waals surface area contributed by atoms with Gasteiger partial charge in [-0.25, -0.2) is 0 Å². The van der Waals surface area contributed by atoms with Crippen LogP contribution in [-0.4, -0.2) is 18.0 Å². The van der Waals surface area contributed by atoms with Crippen LogP contribution < -0.4 is 11.2 Å². The number of benzene rings is 1. The van der Waals surface area contributed by atoms with Crippen LogP contribution in [-0.2, 0) is 0 Å². The second-order valence-electron chi connectivity index (χ2n) is 2.42. The van der Waals surface area contributed by atoms with Crippen LogP contribution in [0, 0.1) is 5.41 Å². The number of nitrogens with two attached hydrogens (primary N) is 1. The van der Waals surface area contributed by atoms with Gasteiger partial charge in [0.2, 0.25) is 5.96 Å². The standard InChI is InChI=1S/C8H12N4/c1-12(8(9)10)11-7-5-3-2-4-6-7/h2-6,11H,1H3,(H3,9,10). The minimum Gasteiger partial charge on any atom is -0.369 e. The predicted octanol–water partition coefficient (Wildman–Crippen LogP) is 0.839. The SMILES string of the molecule is CN(Nc1ccccc1)C(=N)N. The second kappa shape index (κ2) is 3.61. The largest absolute Gasteiger partial charge is 0.369 e. The van der Waals surface area contributed by atoms with Crippen LogP contribution in [0.15, 0.2) is 30.3 Å². The predicted molar refractivity (Wildman–Crippen MR) is 49.7 cm³/mol. The maximum atomic E-state index is 7.09. The van der Waals surface area contributed by atoms with Crippen molar-refractivity contribution in [1.82, 2.24) is 5.01 Å². The van der Waals surface area contributed by atoms with E-state index in [2.05, 4.69) is 5.43 Å². The summed E-state index contributed by atoms with van der Waals surface area (Å²) in [5, 5.41) is 8.53. The molecule has 0 fully saturated rings. The molecule has 12 heavy (non-hydrogen) atoms. The molecule has 0 amide bonds. The molecule has 0 atom stereocenters. The van der Waals surface area contributed by atoms with Crippen molar-refractivity contribution >= 4 is 11.6 Å². The summed E-state index contributed by atoms with van der Waals surface area (Å²) in [7, 11) is 1.69. The van der Waals surface area contributed by atoms with Gasteiger partial charge < -0.3 is 5.73 Å². The molecule has 4 N–H and O–H groups in total. The smallest absolute Gasteiger partial charge is 0.207 e. The molecule has 0 aliphatic rings. The third-order valence-electron chi connectivity index (χ3n) is 1.43. The van der Waals surface area contributed by atoms with E-state index < -0.39 is 0 Å². The lowest BCUT2D eigenvalue weighted by Gasteiger charge is -2.18.